The molecule has 2 aromatic rings. The van der Waals surface area contributed by atoms with E-state index in [1.807, 2.05) is 0 Å². The van der Waals surface area contributed by atoms with Crippen molar-refractivity contribution in [1.82, 2.24) is 4.98 Å². The molecule has 0 saturated carbocycles. The van der Waals surface area contributed by atoms with E-state index in [0.717, 1.165) is 5.39 Å². The molecule has 17 heavy (non-hydrogen) atoms. The quantitative estimate of drug-likeness (QED) is 0.876. The van der Waals surface area contributed by atoms with Crippen LogP contribution < -0.4 is 19.8 Å². The Morgan fingerprint density at radius 2 is 1.76 bits per heavy atom. The lowest BCUT2D eigenvalue weighted by Crippen LogP contribution is -2.07. The van der Waals surface area contributed by atoms with Gasteiger partial charge in [-0.3, -0.25) is 4.79 Å². The first-order valence-corrected chi connectivity index (χ1v) is 5.03. The second-order valence-corrected chi connectivity index (χ2v) is 3.42. The van der Waals surface area contributed by atoms with Crippen LogP contribution in [0.15, 0.2) is 23.1 Å². The highest BCUT2D eigenvalue weighted by Gasteiger charge is 2.17. The van der Waals surface area contributed by atoms with Crippen molar-refractivity contribution in [3.8, 4) is 17.2 Å². The molecule has 0 radical (unpaired) electrons. The third kappa shape index (κ3) is 1.69. The van der Waals surface area contributed by atoms with Gasteiger partial charge in [0.1, 0.15) is 0 Å². The fourth-order valence-corrected chi connectivity index (χ4v) is 1.82. The van der Waals surface area contributed by atoms with Crippen molar-refractivity contribution in [2.75, 3.05) is 21.3 Å². The third-order valence-electron chi connectivity index (χ3n) is 2.56. The summed E-state index contributed by atoms with van der Waals surface area (Å²) in [6.07, 6.45) is 1.58. The number of benzene rings is 1. The van der Waals surface area contributed by atoms with Crippen molar-refractivity contribution in [2.45, 2.75) is 0 Å². The zero-order valence-corrected chi connectivity index (χ0v) is 9.87. The second-order valence-electron chi connectivity index (χ2n) is 3.42. The number of hydrogen-bond donors (Lipinski definition) is 1. The summed E-state index contributed by atoms with van der Waals surface area (Å²) in [5.74, 6) is 1.32. The average molecular weight is 235 g/mol. The number of aromatic amines is 1. The summed E-state index contributed by atoms with van der Waals surface area (Å²) < 4.78 is 15.7. The van der Waals surface area contributed by atoms with Crippen LogP contribution in [-0.4, -0.2) is 26.3 Å². The van der Waals surface area contributed by atoms with Gasteiger partial charge in [-0.25, -0.2) is 0 Å². The van der Waals surface area contributed by atoms with Gasteiger partial charge < -0.3 is 19.2 Å². The predicted molar refractivity (Wildman–Crippen MR) is 64.2 cm³/mol. The molecule has 5 nitrogen and oxygen atoms in total. The van der Waals surface area contributed by atoms with Crippen LogP contribution in [-0.2, 0) is 0 Å². The topological polar surface area (TPSA) is 60.6 Å². The number of methoxy groups -OCH3 is 3. The molecular weight excluding hydrogens is 222 g/mol. The Hall–Kier alpha value is -2.17. The van der Waals surface area contributed by atoms with Crippen molar-refractivity contribution in [1.29, 1.82) is 0 Å². The van der Waals surface area contributed by atoms with E-state index in [1.165, 1.54) is 21.3 Å². The molecule has 0 aliphatic heterocycles. The Bertz CT molecular complexity index is 603. The van der Waals surface area contributed by atoms with Gasteiger partial charge in [-0.2, -0.15) is 0 Å². The summed E-state index contributed by atoms with van der Waals surface area (Å²) in [7, 11) is 4.53. The molecule has 0 atom stereocenters. The number of hydrogen-bond acceptors (Lipinski definition) is 4. The molecular formula is C12H13NO4. The van der Waals surface area contributed by atoms with E-state index < -0.39 is 0 Å². The summed E-state index contributed by atoms with van der Waals surface area (Å²) in [5.41, 5.74) is -0.222. The molecule has 1 heterocycles. The van der Waals surface area contributed by atoms with Crippen LogP contribution >= 0.6 is 0 Å². The molecule has 0 saturated heterocycles. The third-order valence-corrected chi connectivity index (χ3v) is 2.56. The highest BCUT2D eigenvalue weighted by Crippen LogP contribution is 2.41. The maximum atomic E-state index is 11.8. The number of fused-ring (bicyclic) bond motifs is 1. The Balaban J connectivity index is 2.95. The lowest BCUT2D eigenvalue weighted by atomic mass is 10.1. The Labute approximate surface area is 97.9 Å². The minimum Gasteiger partial charge on any atom is -0.493 e. The molecule has 0 amide bonds. The lowest BCUT2D eigenvalue weighted by molar-refractivity contribution is 0.327. The van der Waals surface area contributed by atoms with Gasteiger partial charge in [0.25, 0.3) is 5.56 Å². The van der Waals surface area contributed by atoms with Crippen LogP contribution in [0.1, 0.15) is 0 Å². The van der Waals surface area contributed by atoms with Gasteiger partial charge in [0.2, 0.25) is 5.75 Å². The van der Waals surface area contributed by atoms with E-state index >= 15 is 0 Å². The molecule has 0 aliphatic rings. The number of nitrogens with one attached hydrogen (secondary N) is 1. The fraction of sp³-hybridized carbons (Fsp3) is 0.250. The fourth-order valence-electron chi connectivity index (χ4n) is 1.82. The van der Waals surface area contributed by atoms with Crippen LogP contribution in [0.25, 0.3) is 10.8 Å². The number of ether oxygens (including phenoxy) is 3. The zero-order chi connectivity index (χ0) is 12.4. The molecule has 1 aromatic carbocycles. The number of aromatic nitrogens is 1. The van der Waals surface area contributed by atoms with Crippen molar-refractivity contribution in [2.24, 2.45) is 0 Å². The van der Waals surface area contributed by atoms with E-state index in [0.29, 0.717) is 22.6 Å². The Kier molecular flexibility index (Phi) is 2.91. The maximum absolute atomic E-state index is 11.8. The first kappa shape index (κ1) is 11.3. The molecule has 2 rings (SSSR count). The Morgan fingerprint density at radius 1 is 1.06 bits per heavy atom. The highest BCUT2D eigenvalue weighted by molar-refractivity contribution is 5.92. The van der Waals surface area contributed by atoms with Crippen molar-refractivity contribution < 1.29 is 14.2 Å². The molecule has 1 aromatic heterocycles. The van der Waals surface area contributed by atoms with E-state index in [2.05, 4.69) is 4.98 Å². The summed E-state index contributed by atoms with van der Waals surface area (Å²) in [4.78, 5) is 14.4. The van der Waals surface area contributed by atoms with Crippen LogP contribution in [0, 0.1) is 0 Å². The van der Waals surface area contributed by atoms with Gasteiger partial charge in [0.05, 0.1) is 26.7 Å². The van der Waals surface area contributed by atoms with E-state index in [-0.39, 0.29) is 5.56 Å². The summed E-state index contributed by atoms with van der Waals surface area (Å²) >= 11 is 0. The molecule has 90 valence electrons. The normalized spacial score (nSPS) is 10.3. The smallest absolute Gasteiger partial charge is 0.259 e. The van der Waals surface area contributed by atoms with Gasteiger partial charge >= 0.3 is 0 Å². The minimum atomic E-state index is -0.222. The molecule has 5 heteroatoms. The van der Waals surface area contributed by atoms with Gasteiger partial charge in [-0.15, -0.1) is 0 Å². The molecule has 0 bridgehead atoms. The van der Waals surface area contributed by atoms with E-state index in [1.54, 1.807) is 18.3 Å². The Morgan fingerprint density at radius 3 is 2.35 bits per heavy atom. The van der Waals surface area contributed by atoms with Crippen LogP contribution in [0.5, 0.6) is 17.2 Å². The largest absolute Gasteiger partial charge is 0.493 e. The lowest BCUT2D eigenvalue weighted by Gasteiger charge is -2.13. The van der Waals surface area contributed by atoms with Crippen molar-refractivity contribution in [3.05, 3.63) is 28.7 Å². The monoisotopic (exact) mass is 235 g/mol. The second kappa shape index (κ2) is 4.37. The van der Waals surface area contributed by atoms with Crippen molar-refractivity contribution >= 4 is 10.8 Å². The molecule has 0 aliphatic carbocycles. The molecule has 1 N–H and O–H groups in total. The molecule has 0 spiro atoms. The zero-order valence-electron chi connectivity index (χ0n) is 9.87. The first-order valence-electron chi connectivity index (χ1n) is 5.03. The summed E-state index contributed by atoms with van der Waals surface area (Å²) in [5, 5.41) is 1.19. The van der Waals surface area contributed by atoms with E-state index in [9.17, 15) is 4.79 Å². The molecule has 0 unspecified atom stereocenters. The van der Waals surface area contributed by atoms with Gasteiger partial charge in [-0.1, -0.05) is 0 Å². The van der Waals surface area contributed by atoms with Crippen LogP contribution in [0.2, 0.25) is 0 Å². The highest BCUT2D eigenvalue weighted by atomic mass is 16.5. The number of rotatable bonds is 3. The summed E-state index contributed by atoms with van der Waals surface area (Å²) in [6, 6.07) is 3.52. The average Bonchev–Trinajstić information content (AvgIpc) is 2.36. The van der Waals surface area contributed by atoms with Crippen LogP contribution in [0.4, 0.5) is 0 Å². The molecule has 0 fully saturated rings. The maximum Gasteiger partial charge on any atom is 0.259 e. The standard InChI is InChI=1S/C12H13NO4/c1-15-8-6-7-4-5-13-12(14)9(7)11(17-3)10(8)16-2/h4-6H,1-3H3,(H,13,14). The number of H-pyrrole nitrogens is 1. The number of pyridine rings is 1. The van der Waals surface area contributed by atoms with Crippen molar-refractivity contribution in [3.63, 3.8) is 0 Å². The van der Waals surface area contributed by atoms with Gasteiger partial charge in [0.15, 0.2) is 11.5 Å². The summed E-state index contributed by atoms with van der Waals surface area (Å²) in [6.45, 7) is 0. The van der Waals surface area contributed by atoms with E-state index in [4.69, 9.17) is 14.2 Å². The van der Waals surface area contributed by atoms with Gasteiger partial charge in [-0.05, 0) is 17.5 Å². The van der Waals surface area contributed by atoms with Crippen LogP contribution in [0.3, 0.4) is 0 Å². The minimum absolute atomic E-state index is 0.222. The predicted octanol–water partition coefficient (Wildman–Crippen LogP) is 1.55. The van der Waals surface area contributed by atoms with Gasteiger partial charge in [0, 0.05) is 6.20 Å². The first-order chi connectivity index (χ1) is 8.22. The SMILES string of the molecule is COc1cc2cc[nH]c(=O)c2c(OC)c1OC.